The number of sulfone groups is 1. The average Bonchev–Trinajstić information content (AvgIpc) is 2.38. The van der Waals surface area contributed by atoms with E-state index in [9.17, 15) is 13.2 Å². The van der Waals surface area contributed by atoms with Crippen molar-refractivity contribution >= 4 is 16.0 Å². The molecule has 0 bridgehead atoms. The summed E-state index contributed by atoms with van der Waals surface area (Å²) in [5.41, 5.74) is 0.00459. The second-order valence-electron chi connectivity index (χ2n) is 3.09. The molecule has 0 aliphatic carbocycles. The fourth-order valence-electron chi connectivity index (χ4n) is 1.05. The lowest BCUT2D eigenvalue weighted by Crippen LogP contribution is -2.16. The molecule has 1 aromatic rings. The number of carbonyl (C=O) groups is 1. The number of pyridine rings is 1. The van der Waals surface area contributed by atoms with E-state index in [0.717, 1.165) is 7.11 Å². The monoisotopic (exact) mass is 270 g/mol. The highest BCUT2D eigenvalue weighted by Gasteiger charge is 2.17. The summed E-state index contributed by atoms with van der Waals surface area (Å²) < 4.78 is 32.2. The molecule has 0 radical (unpaired) electrons. The van der Waals surface area contributed by atoms with Crippen molar-refractivity contribution in [2.45, 2.75) is 5.03 Å². The molecule has 0 fully saturated rings. The van der Waals surface area contributed by atoms with Gasteiger partial charge in [-0.15, -0.1) is 0 Å². The van der Waals surface area contributed by atoms with E-state index in [2.05, 4.69) is 14.5 Å². The van der Waals surface area contributed by atoms with E-state index >= 15 is 0 Å². The standard InChI is InChI=1S/C10H10N2O5S/c1-16-10(13)17-5-6-18(14,15)9-4-2-3-8(7-11)12-9/h2-4H,5-6H2,1H3. The fourth-order valence-corrected chi connectivity index (χ4v) is 2.08. The molecular weight excluding hydrogens is 260 g/mol. The van der Waals surface area contributed by atoms with Gasteiger partial charge in [-0.1, -0.05) is 6.07 Å². The van der Waals surface area contributed by atoms with Crippen molar-refractivity contribution in [3.63, 3.8) is 0 Å². The lowest BCUT2D eigenvalue weighted by atomic mass is 10.4. The van der Waals surface area contributed by atoms with Gasteiger partial charge < -0.3 is 9.47 Å². The zero-order valence-electron chi connectivity index (χ0n) is 9.49. The predicted octanol–water partition coefficient (Wildman–Crippen LogP) is 0.510. The van der Waals surface area contributed by atoms with Crippen molar-refractivity contribution in [2.24, 2.45) is 0 Å². The number of ether oxygens (including phenoxy) is 2. The topological polar surface area (TPSA) is 106 Å². The molecule has 8 heteroatoms. The number of hydrogen-bond donors (Lipinski definition) is 0. The molecule has 0 N–H and O–H groups in total. The van der Waals surface area contributed by atoms with Gasteiger partial charge >= 0.3 is 6.16 Å². The molecule has 0 unspecified atom stereocenters. The number of rotatable bonds is 4. The van der Waals surface area contributed by atoms with Gasteiger partial charge in [0.1, 0.15) is 18.4 Å². The molecule has 0 amide bonds. The Morgan fingerprint density at radius 3 is 2.83 bits per heavy atom. The number of aromatic nitrogens is 1. The summed E-state index contributed by atoms with van der Waals surface area (Å²) in [6, 6.07) is 5.82. The van der Waals surface area contributed by atoms with Crippen LogP contribution in [0.15, 0.2) is 23.2 Å². The van der Waals surface area contributed by atoms with E-state index < -0.39 is 21.7 Å². The molecule has 0 spiro atoms. The second kappa shape index (κ2) is 5.97. The van der Waals surface area contributed by atoms with Crippen LogP contribution < -0.4 is 0 Å². The Bertz CT molecular complexity index is 576. The maximum Gasteiger partial charge on any atom is 0.508 e. The highest BCUT2D eigenvalue weighted by Crippen LogP contribution is 2.08. The van der Waals surface area contributed by atoms with Gasteiger partial charge in [-0.2, -0.15) is 5.26 Å². The zero-order valence-corrected chi connectivity index (χ0v) is 10.3. The summed E-state index contributed by atoms with van der Waals surface area (Å²) >= 11 is 0. The molecule has 0 aliphatic rings. The lowest BCUT2D eigenvalue weighted by molar-refractivity contribution is 0.0776. The van der Waals surface area contributed by atoms with E-state index in [0.29, 0.717) is 0 Å². The second-order valence-corrected chi connectivity index (χ2v) is 5.15. The summed E-state index contributed by atoms with van der Waals surface area (Å²) in [5, 5.41) is 8.39. The molecule has 96 valence electrons. The third-order valence-electron chi connectivity index (χ3n) is 1.90. The summed E-state index contributed by atoms with van der Waals surface area (Å²) in [6.07, 6.45) is -0.955. The summed E-state index contributed by atoms with van der Waals surface area (Å²) in [6.45, 7) is -0.340. The van der Waals surface area contributed by atoms with Gasteiger partial charge in [0.15, 0.2) is 14.9 Å². The van der Waals surface area contributed by atoms with Gasteiger partial charge in [0.05, 0.1) is 12.9 Å². The van der Waals surface area contributed by atoms with E-state index in [4.69, 9.17) is 5.26 Å². The van der Waals surface area contributed by atoms with Gasteiger partial charge in [-0.25, -0.2) is 18.2 Å². The van der Waals surface area contributed by atoms with Gasteiger partial charge in [-0.3, -0.25) is 0 Å². The van der Waals surface area contributed by atoms with Gasteiger partial charge in [0, 0.05) is 0 Å². The van der Waals surface area contributed by atoms with Crippen molar-refractivity contribution in [2.75, 3.05) is 19.5 Å². The van der Waals surface area contributed by atoms with Crippen LogP contribution in [0.2, 0.25) is 0 Å². The Hall–Kier alpha value is -2.14. The molecule has 1 heterocycles. The van der Waals surface area contributed by atoms with Crippen molar-refractivity contribution < 1.29 is 22.7 Å². The third-order valence-corrected chi connectivity index (χ3v) is 3.46. The molecule has 0 atom stereocenters. The first-order valence-electron chi connectivity index (χ1n) is 4.80. The van der Waals surface area contributed by atoms with Crippen LogP contribution in [-0.4, -0.2) is 39.0 Å². The van der Waals surface area contributed by atoms with Crippen LogP contribution in [0.3, 0.4) is 0 Å². The zero-order chi connectivity index (χ0) is 13.6. The van der Waals surface area contributed by atoms with Crippen LogP contribution in [-0.2, 0) is 19.3 Å². The first-order valence-corrected chi connectivity index (χ1v) is 6.45. The minimum atomic E-state index is -3.69. The normalized spacial score (nSPS) is 10.4. The number of carbonyl (C=O) groups excluding carboxylic acids is 1. The van der Waals surface area contributed by atoms with Gasteiger partial charge in [-0.05, 0) is 12.1 Å². The maximum atomic E-state index is 11.8. The van der Waals surface area contributed by atoms with Crippen LogP contribution in [0.5, 0.6) is 0 Å². The molecule has 0 aliphatic heterocycles. The minimum absolute atomic E-state index is 0.00459. The molecule has 1 rings (SSSR count). The summed E-state index contributed by atoms with van der Waals surface area (Å²) in [5.74, 6) is -0.427. The highest BCUT2D eigenvalue weighted by molar-refractivity contribution is 7.91. The summed E-state index contributed by atoms with van der Waals surface area (Å²) in [7, 11) is -2.57. The smallest absolute Gasteiger partial charge is 0.438 e. The molecule has 0 saturated heterocycles. The largest absolute Gasteiger partial charge is 0.508 e. The molecule has 1 aromatic heterocycles. The molecular formula is C10H10N2O5S. The number of nitrogens with zero attached hydrogens (tertiary/aromatic N) is 2. The Labute approximate surface area is 104 Å². The van der Waals surface area contributed by atoms with Crippen molar-refractivity contribution in [3.8, 4) is 6.07 Å². The van der Waals surface area contributed by atoms with Crippen LogP contribution in [0, 0.1) is 11.3 Å². The predicted molar refractivity (Wildman–Crippen MR) is 59.4 cm³/mol. The maximum absolute atomic E-state index is 11.8. The van der Waals surface area contributed by atoms with Gasteiger partial charge in [0.25, 0.3) is 0 Å². The van der Waals surface area contributed by atoms with Crippen LogP contribution in [0.4, 0.5) is 4.79 Å². The fraction of sp³-hybridized carbons (Fsp3) is 0.300. The van der Waals surface area contributed by atoms with Crippen molar-refractivity contribution in [1.29, 1.82) is 5.26 Å². The van der Waals surface area contributed by atoms with E-state index in [-0.39, 0.29) is 17.3 Å². The molecule has 0 aromatic carbocycles. The Balaban J connectivity index is 2.74. The van der Waals surface area contributed by atoms with Crippen molar-refractivity contribution in [3.05, 3.63) is 23.9 Å². The minimum Gasteiger partial charge on any atom is -0.438 e. The summed E-state index contributed by atoms with van der Waals surface area (Å²) in [4.78, 5) is 14.3. The van der Waals surface area contributed by atoms with Crippen LogP contribution in [0.25, 0.3) is 0 Å². The molecule has 7 nitrogen and oxygen atoms in total. The average molecular weight is 270 g/mol. The van der Waals surface area contributed by atoms with Gasteiger partial charge in [0.2, 0.25) is 0 Å². The van der Waals surface area contributed by atoms with Crippen molar-refractivity contribution in [1.82, 2.24) is 4.98 Å². The Morgan fingerprint density at radius 1 is 1.50 bits per heavy atom. The highest BCUT2D eigenvalue weighted by atomic mass is 32.2. The Kier molecular flexibility index (Phi) is 4.62. The quantitative estimate of drug-likeness (QED) is 0.733. The first kappa shape index (κ1) is 13.9. The Morgan fingerprint density at radius 2 is 2.22 bits per heavy atom. The van der Waals surface area contributed by atoms with Crippen LogP contribution in [0.1, 0.15) is 5.69 Å². The van der Waals surface area contributed by atoms with E-state index in [1.807, 2.05) is 0 Å². The SMILES string of the molecule is COC(=O)OCCS(=O)(=O)c1cccc(C#N)n1. The van der Waals surface area contributed by atoms with E-state index in [1.54, 1.807) is 6.07 Å². The number of hydrogen-bond acceptors (Lipinski definition) is 7. The third kappa shape index (κ3) is 3.71. The van der Waals surface area contributed by atoms with Crippen LogP contribution >= 0.6 is 0 Å². The molecule has 0 saturated carbocycles. The first-order chi connectivity index (χ1) is 8.49. The number of methoxy groups -OCH3 is 1. The van der Waals surface area contributed by atoms with E-state index in [1.165, 1.54) is 18.2 Å². The number of nitriles is 1. The lowest BCUT2D eigenvalue weighted by Gasteiger charge is -2.04. The molecule has 18 heavy (non-hydrogen) atoms.